The van der Waals surface area contributed by atoms with E-state index in [9.17, 15) is 19.0 Å². The lowest BCUT2D eigenvalue weighted by atomic mass is 10.0. The number of nitrogens with zero attached hydrogens (tertiary/aromatic N) is 1. The van der Waals surface area contributed by atoms with Crippen molar-refractivity contribution in [3.63, 3.8) is 0 Å². The normalized spacial score (nSPS) is 13.6. The van der Waals surface area contributed by atoms with E-state index in [-0.39, 0.29) is 25.6 Å². The van der Waals surface area contributed by atoms with Crippen molar-refractivity contribution in [2.75, 3.05) is 47.5 Å². The van der Waals surface area contributed by atoms with E-state index in [2.05, 4.69) is 50.3 Å². The number of hydrogen-bond donors (Lipinski definition) is 1. The van der Waals surface area contributed by atoms with Crippen LogP contribution in [0, 0.1) is 0 Å². The predicted molar refractivity (Wildman–Crippen MR) is 284 cm³/mol. The standard InChI is InChI=1S/C57H108NO8P/c1-6-8-10-12-14-16-18-20-22-23-24-25-26-27-28-29-30-31-32-33-34-35-36-38-40-42-44-46-48-50-57(60)66-55(54-65-67(61,62)64-52-51-58(3,4)5)53-63-56(59)49-47-45-43-41-39-37-21-19-17-15-13-11-9-7-2/h18,20,23-24,26-27,55H,6-17,19,21-22,25,28-54H2,1-5H3/p+1/b20-18-,24-23-,27-26-. The minimum atomic E-state index is -4.38. The molecule has 0 aromatic rings. The molecule has 1 N–H and O–H groups in total. The Morgan fingerprint density at radius 2 is 0.806 bits per heavy atom. The molecule has 0 heterocycles. The molecule has 10 heteroatoms. The molecule has 0 spiro atoms. The zero-order valence-electron chi connectivity index (χ0n) is 44.6. The summed E-state index contributed by atoms with van der Waals surface area (Å²) >= 11 is 0. The fourth-order valence-electron chi connectivity index (χ4n) is 8.02. The van der Waals surface area contributed by atoms with Crippen LogP contribution in [0.15, 0.2) is 36.5 Å². The summed E-state index contributed by atoms with van der Waals surface area (Å²) in [6, 6.07) is 0. The molecule has 394 valence electrons. The minimum absolute atomic E-state index is 0.0335. The van der Waals surface area contributed by atoms with E-state index >= 15 is 0 Å². The van der Waals surface area contributed by atoms with Gasteiger partial charge in [0.2, 0.25) is 0 Å². The van der Waals surface area contributed by atoms with Crippen molar-refractivity contribution >= 4 is 19.8 Å². The van der Waals surface area contributed by atoms with E-state index in [4.69, 9.17) is 18.5 Å². The van der Waals surface area contributed by atoms with Gasteiger partial charge < -0.3 is 18.9 Å². The van der Waals surface area contributed by atoms with Crippen molar-refractivity contribution in [3.8, 4) is 0 Å². The van der Waals surface area contributed by atoms with Gasteiger partial charge in [-0.2, -0.15) is 0 Å². The highest BCUT2D eigenvalue weighted by atomic mass is 31.2. The second-order valence-corrected chi connectivity index (χ2v) is 21.8. The van der Waals surface area contributed by atoms with Crippen molar-refractivity contribution in [2.24, 2.45) is 0 Å². The van der Waals surface area contributed by atoms with Crippen LogP contribution in [0.2, 0.25) is 0 Å². The van der Waals surface area contributed by atoms with Crippen LogP contribution < -0.4 is 0 Å². The third kappa shape index (κ3) is 53.4. The summed E-state index contributed by atoms with van der Waals surface area (Å²) < 4.78 is 34.5. The number of rotatable bonds is 52. The molecule has 0 rings (SSSR count). The summed E-state index contributed by atoms with van der Waals surface area (Å²) in [4.78, 5) is 35.6. The quantitative estimate of drug-likeness (QED) is 0.0211. The number of unbranched alkanes of at least 4 members (excludes halogenated alkanes) is 32. The van der Waals surface area contributed by atoms with Crippen molar-refractivity contribution < 1.29 is 42.1 Å². The van der Waals surface area contributed by atoms with Gasteiger partial charge in [-0.3, -0.25) is 18.6 Å². The fourth-order valence-corrected chi connectivity index (χ4v) is 8.77. The molecule has 0 saturated carbocycles. The molecule has 0 amide bonds. The van der Waals surface area contributed by atoms with Gasteiger partial charge in [0.05, 0.1) is 27.7 Å². The first-order valence-electron chi connectivity index (χ1n) is 28.2. The Hall–Kier alpha value is -1.77. The van der Waals surface area contributed by atoms with Crippen LogP contribution in [0.3, 0.4) is 0 Å². The van der Waals surface area contributed by atoms with Crippen LogP contribution in [0.4, 0.5) is 0 Å². The third-order valence-corrected chi connectivity index (χ3v) is 13.4. The lowest BCUT2D eigenvalue weighted by Crippen LogP contribution is -2.37. The highest BCUT2D eigenvalue weighted by molar-refractivity contribution is 7.47. The van der Waals surface area contributed by atoms with Gasteiger partial charge in [-0.1, -0.05) is 237 Å². The average molecular weight is 967 g/mol. The van der Waals surface area contributed by atoms with E-state index in [0.717, 1.165) is 44.9 Å². The van der Waals surface area contributed by atoms with E-state index in [1.54, 1.807) is 0 Å². The van der Waals surface area contributed by atoms with E-state index in [1.807, 2.05) is 21.1 Å². The van der Waals surface area contributed by atoms with E-state index in [0.29, 0.717) is 23.9 Å². The number of carbonyl (C=O) groups is 2. The number of quaternary nitrogens is 1. The SMILES string of the molecule is CCCCCCC/C=C\C/C=C\C/C=C\CCCCCCCCCCCCCCCCC(=O)OC(COC(=O)CCCCCCCCCCCCCCCC)COP(=O)(O)OCC[N+](C)(C)C. The molecule has 67 heavy (non-hydrogen) atoms. The zero-order chi connectivity index (χ0) is 49.2. The molecule has 0 aliphatic carbocycles. The Labute approximate surface area is 414 Å². The number of carbonyl (C=O) groups excluding carboxylic acids is 2. The average Bonchev–Trinajstić information content (AvgIpc) is 3.29. The van der Waals surface area contributed by atoms with Gasteiger partial charge in [-0.25, -0.2) is 4.57 Å². The van der Waals surface area contributed by atoms with Gasteiger partial charge in [0.15, 0.2) is 6.10 Å². The Balaban J connectivity index is 4.09. The molecule has 9 nitrogen and oxygen atoms in total. The van der Waals surface area contributed by atoms with Gasteiger partial charge in [-0.15, -0.1) is 0 Å². The van der Waals surface area contributed by atoms with Crippen LogP contribution in [0.25, 0.3) is 0 Å². The fraction of sp³-hybridized carbons (Fsp3) is 0.860. The van der Waals surface area contributed by atoms with Gasteiger partial charge in [0.1, 0.15) is 19.8 Å². The van der Waals surface area contributed by atoms with Gasteiger partial charge >= 0.3 is 19.8 Å². The van der Waals surface area contributed by atoms with Crippen molar-refractivity contribution in [2.45, 2.75) is 270 Å². The van der Waals surface area contributed by atoms with Crippen LogP contribution in [0.1, 0.15) is 264 Å². The van der Waals surface area contributed by atoms with Gasteiger partial charge in [0.25, 0.3) is 0 Å². The Bertz CT molecular complexity index is 1230. The first kappa shape index (κ1) is 65.2. The topological polar surface area (TPSA) is 108 Å². The van der Waals surface area contributed by atoms with Crippen LogP contribution in [0.5, 0.6) is 0 Å². The second kappa shape index (κ2) is 49.2. The molecule has 0 bridgehead atoms. The van der Waals surface area contributed by atoms with Gasteiger partial charge in [-0.05, 0) is 51.4 Å². The molecule has 0 fully saturated rings. The van der Waals surface area contributed by atoms with E-state index in [1.165, 1.54) is 186 Å². The van der Waals surface area contributed by atoms with Gasteiger partial charge in [0, 0.05) is 12.8 Å². The van der Waals surface area contributed by atoms with Crippen molar-refractivity contribution in [1.82, 2.24) is 0 Å². The van der Waals surface area contributed by atoms with Crippen LogP contribution in [-0.4, -0.2) is 74.9 Å². The highest BCUT2D eigenvalue weighted by Crippen LogP contribution is 2.43. The summed E-state index contributed by atoms with van der Waals surface area (Å²) in [5.74, 6) is -0.786. The maximum absolute atomic E-state index is 12.8. The number of likely N-dealkylation sites (N-methyl/N-ethyl adjacent to an activating group) is 1. The summed E-state index contributed by atoms with van der Waals surface area (Å²) in [5.41, 5.74) is 0. The summed E-state index contributed by atoms with van der Waals surface area (Å²) in [6.07, 6.45) is 59.2. The number of ether oxygens (including phenoxy) is 2. The van der Waals surface area contributed by atoms with Crippen LogP contribution >= 0.6 is 7.82 Å². The summed E-state index contributed by atoms with van der Waals surface area (Å²) in [7, 11) is 1.49. The first-order chi connectivity index (χ1) is 32.5. The summed E-state index contributed by atoms with van der Waals surface area (Å²) in [5, 5.41) is 0. The van der Waals surface area contributed by atoms with E-state index < -0.39 is 26.5 Å². The minimum Gasteiger partial charge on any atom is -0.462 e. The molecule has 0 saturated heterocycles. The first-order valence-corrected chi connectivity index (χ1v) is 29.7. The Morgan fingerprint density at radius 3 is 1.19 bits per heavy atom. The molecule has 0 aliphatic rings. The van der Waals surface area contributed by atoms with Crippen LogP contribution in [-0.2, 0) is 32.7 Å². The number of esters is 2. The second-order valence-electron chi connectivity index (χ2n) is 20.3. The molecule has 0 aliphatic heterocycles. The molecule has 0 aromatic carbocycles. The number of allylic oxidation sites excluding steroid dienone is 6. The Morgan fingerprint density at radius 1 is 0.463 bits per heavy atom. The summed E-state index contributed by atoms with van der Waals surface area (Å²) in [6.45, 7) is 4.45. The zero-order valence-corrected chi connectivity index (χ0v) is 45.5. The monoisotopic (exact) mass is 967 g/mol. The predicted octanol–water partition coefficient (Wildman–Crippen LogP) is 17.2. The lowest BCUT2D eigenvalue weighted by molar-refractivity contribution is -0.870. The largest absolute Gasteiger partial charge is 0.472 e. The smallest absolute Gasteiger partial charge is 0.462 e. The molecule has 0 radical (unpaired) electrons. The molecular formula is C57H109NO8P+. The maximum atomic E-state index is 12.8. The van der Waals surface area contributed by atoms with Crippen molar-refractivity contribution in [3.05, 3.63) is 36.5 Å². The molecular weight excluding hydrogens is 858 g/mol. The molecule has 0 aromatic heterocycles. The molecule has 2 unspecified atom stereocenters. The maximum Gasteiger partial charge on any atom is 0.472 e. The molecule has 2 atom stereocenters. The van der Waals surface area contributed by atoms with Crippen molar-refractivity contribution in [1.29, 1.82) is 0 Å². The Kier molecular flexibility index (Phi) is 47.9. The number of hydrogen-bond acceptors (Lipinski definition) is 7. The number of phosphoric acid groups is 1. The lowest BCUT2D eigenvalue weighted by Gasteiger charge is -2.24. The highest BCUT2D eigenvalue weighted by Gasteiger charge is 2.27. The third-order valence-electron chi connectivity index (χ3n) is 12.4. The number of phosphoric ester groups is 1.